The zero-order valence-corrected chi connectivity index (χ0v) is 17.5. The van der Waals surface area contributed by atoms with Crippen molar-refractivity contribution in [2.45, 2.75) is 59.3 Å². The number of hydrogen-bond donors (Lipinski definition) is 4. The highest BCUT2D eigenvalue weighted by atomic mass is 127. The van der Waals surface area contributed by atoms with Crippen molar-refractivity contribution in [1.82, 2.24) is 14.5 Å². The summed E-state index contributed by atoms with van der Waals surface area (Å²) in [4.78, 5) is 31.5. The zero-order valence-electron chi connectivity index (χ0n) is 15.3. The minimum Gasteiger partial charge on any atom is -0.390 e. The zero-order chi connectivity index (χ0) is 19.6. The van der Waals surface area contributed by atoms with Gasteiger partial charge >= 0.3 is 0 Å². The number of aliphatic hydroxyl groups excluding tert-OH is 2. The SMILES string of the molecule is CC[C@@H](O)C(O)CCn1cc(I)c2c(=O)[nH]c(NC(=O)C(C)(C)C)nc21. The van der Waals surface area contributed by atoms with Gasteiger partial charge in [-0.3, -0.25) is 19.9 Å². The highest BCUT2D eigenvalue weighted by Crippen LogP contribution is 2.21. The van der Waals surface area contributed by atoms with Crippen molar-refractivity contribution in [1.29, 1.82) is 0 Å². The summed E-state index contributed by atoms with van der Waals surface area (Å²) in [5.41, 5.74) is -0.526. The molecule has 0 spiro atoms. The van der Waals surface area contributed by atoms with Gasteiger partial charge in [-0.1, -0.05) is 27.7 Å². The summed E-state index contributed by atoms with van der Waals surface area (Å²) in [6.07, 6.45) is 0.929. The first-order valence-electron chi connectivity index (χ1n) is 8.50. The van der Waals surface area contributed by atoms with Crippen molar-refractivity contribution in [3.05, 3.63) is 20.1 Å². The molecule has 0 bridgehead atoms. The molecule has 2 heterocycles. The molecule has 4 N–H and O–H groups in total. The van der Waals surface area contributed by atoms with Crippen LogP contribution in [0.2, 0.25) is 0 Å². The van der Waals surface area contributed by atoms with Crippen molar-refractivity contribution in [3.63, 3.8) is 0 Å². The van der Waals surface area contributed by atoms with E-state index >= 15 is 0 Å². The number of aliphatic hydroxyl groups is 2. The summed E-state index contributed by atoms with van der Waals surface area (Å²) < 4.78 is 2.48. The second-order valence-electron chi connectivity index (χ2n) is 7.32. The van der Waals surface area contributed by atoms with E-state index in [9.17, 15) is 19.8 Å². The highest BCUT2D eigenvalue weighted by Gasteiger charge is 2.23. The molecule has 2 aromatic rings. The van der Waals surface area contributed by atoms with E-state index in [0.717, 1.165) is 3.57 Å². The maximum atomic E-state index is 12.4. The average molecular weight is 476 g/mol. The summed E-state index contributed by atoms with van der Waals surface area (Å²) >= 11 is 2.05. The Morgan fingerprint density at radius 3 is 2.62 bits per heavy atom. The van der Waals surface area contributed by atoms with E-state index in [0.29, 0.717) is 30.4 Å². The van der Waals surface area contributed by atoms with Gasteiger partial charge in [-0.25, -0.2) is 0 Å². The first-order chi connectivity index (χ1) is 12.0. The van der Waals surface area contributed by atoms with Gasteiger partial charge in [-0.05, 0) is 35.4 Å². The number of nitrogens with one attached hydrogen (secondary N) is 2. The van der Waals surface area contributed by atoms with Gasteiger partial charge in [0.1, 0.15) is 0 Å². The smallest absolute Gasteiger partial charge is 0.262 e. The summed E-state index contributed by atoms with van der Waals surface area (Å²) in [7, 11) is 0. The molecular formula is C17H25IN4O4. The molecule has 2 aromatic heterocycles. The molecule has 26 heavy (non-hydrogen) atoms. The third-order valence-corrected chi connectivity index (χ3v) is 4.94. The predicted octanol–water partition coefficient (Wildman–Crippen LogP) is 1.84. The van der Waals surface area contributed by atoms with Gasteiger partial charge in [0.2, 0.25) is 11.9 Å². The Morgan fingerprint density at radius 1 is 1.38 bits per heavy atom. The van der Waals surface area contributed by atoms with Crippen molar-refractivity contribution in [3.8, 4) is 0 Å². The molecule has 0 fully saturated rings. The number of hydrogen-bond acceptors (Lipinski definition) is 5. The van der Waals surface area contributed by atoms with E-state index in [-0.39, 0.29) is 17.4 Å². The number of carbonyl (C=O) groups is 1. The van der Waals surface area contributed by atoms with Crippen LogP contribution < -0.4 is 10.9 Å². The fourth-order valence-corrected chi connectivity index (χ4v) is 3.23. The standard InChI is InChI=1S/C17H25IN4O4/c1-5-10(23)11(24)6-7-22-8-9(18)12-13(22)19-16(20-14(12)25)21-15(26)17(2,3)4/h8,10-11,23-24H,5-7H2,1-4H3,(H2,19,20,21,25,26)/t10-,11?/m1/s1. The molecular weight excluding hydrogens is 451 g/mol. The fourth-order valence-electron chi connectivity index (χ4n) is 2.41. The maximum Gasteiger partial charge on any atom is 0.262 e. The number of carbonyl (C=O) groups excluding carboxylic acids is 1. The third-order valence-electron chi connectivity index (χ3n) is 4.12. The van der Waals surface area contributed by atoms with Crippen molar-refractivity contribution in [2.75, 3.05) is 5.32 Å². The van der Waals surface area contributed by atoms with E-state index < -0.39 is 17.6 Å². The molecule has 8 nitrogen and oxygen atoms in total. The second kappa shape index (κ2) is 8.05. The number of amides is 1. The number of halogens is 1. The van der Waals surface area contributed by atoms with E-state index in [1.165, 1.54) is 0 Å². The first-order valence-corrected chi connectivity index (χ1v) is 9.58. The number of aromatic amines is 1. The van der Waals surface area contributed by atoms with Crippen LogP contribution in [0.3, 0.4) is 0 Å². The summed E-state index contributed by atoms with van der Waals surface area (Å²) in [6, 6.07) is 0. The van der Waals surface area contributed by atoms with Gasteiger partial charge in [0.25, 0.3) is 5.56 Å². The minimum atomic E-state index is -0.850. The van der Waals surface area contributed by atoms with Crippen molar-refractivity contribution < 1.29 is 15.0 Å². The molecule has 1 amide bonds. The fraction of sp³-hybridized carbons (Fsp3) is 0.588. The molecule has 2 atom stereocenters. The van der Waals surface area contributed by atoms with Crippen molar-refractivity contribution in [2.24, 2.45) is 5.41 Å². The number of H-pyrrole nitrogens is 1. The van der Waals surface area contributed by atoms with Crippen LogP contribution in [0.4, 0.5) is 5.95 Å². The van der Waals surface area contributed by atoms with Gasteiger partial charge in [-0.15, -0.1) is 0 Å². The lowest BCUT2D eigenvalue weighted by Crippen LogP contribution is -2.29. The van der Waals surface area contributed by atoms with Gasteiger partial charge in [-0.2, -0.15) is 4.98 Å². The summed E-state index contributed by atoms with van der Waals surface area (Å²) in [6.45, 7) is 7.50. The van der Waals surface area contributed by atoms with Gasteiger partial charge in [0.05, 0.1) is 17.6 Å². The Bertz CT molecular complexity index is 853. The molecule has 0 radical (unpaired) electrons. The van der Waals surface area contributed by atoms with Crippen LogP contribution in [-0.4, -0.2) is 42.9 Å². The Balaban J connectivity index is 2.34. The number of fused-ring (bicyclic) bond motifs is 1. The molecule has 0 aromatic carbocycles. The highest BCUT2D eigenvalue weighted by molar-refractivity contribution is 14.1. The van der Waals surface area contributed by atoms with Gasteiger partial charge < -0.3 is 14.8 Å². The monoisotopic (exact) mass is 476 g/mol. The molecule has 1 unspecified atom stereocenters. The van der Waals surface area contributed by atoms with Crippen LogP contribution in [0, 0.1) is 8.99 Å². The number of nitrogens with zero attached hydrogens (tertiary/aromatic N) is 2. The minimum absolute atomic E-state index is 0.0901. The number of aromatic nitrogens is 3. The topological polar surface area (TPSA) is 120 Å². The number of aryl methyl sites for hydroxylation is 1. The Morgan fingerprint density at radius 2 is 2.04 bits per heavy atom. The van der Waals surface area contributed by atoms with E-state index in [1.54, 1.807) is 38.5 Å². The number of anilines is 1. The summed E-state index contributed by atoms with van der Waals surface area (Å²) in [5.74, 6) is -0.165. The molecule has 9 heteroatoms. The Labute approximate surface area is 165 Å². The predicted molar refractivity (Wildman–Crippen MR) is 108 cm³/mol. The molecule has 0 aliphatic carbocycles. The van der Waals surface area contributed by atoms with E-state index in [4.69, 9.17) is 0 Å². The van der Waals surface area contributed by atoms with Gasteiger partial charge in [0.15, 0.2) is 5.65 Å². The van der Waals surface area contributed by atoms with E-state index in [2.05, 4.69) is 37.9 Å². The largest absolute Gasteiger partial charge is 0.390 e. The number of rotatable bonds is 6. The normalized spacial score (nSPS) is 14.4. The lowest BCUT2D eigenvalue weighted by molar-refractivity contribution is -0.123. The van der Waals surface area contributed by atoms with Crippen LogP contribution in [0.25, 0.3) is 11.0 Å². The molecule has 0 saturated heterocycles. The first kappa shape index (κ1) is 20.8. The quantitative estimate of drug-likeness (QED) is 0.475. The van der Waals surface area contributed by atoms with Crippen LogP contribution >= 0.6 is 22.6 Å². The van der Waals surface area contributed by atoms with Crippen LogP contribution in [-0.2, 0) is 11.3 Å². The molecule has 0 aliphatic heterocycles. The third kappa shape index (κ3) is 4.63. The maximum absolute atomic E-state index is 12.4. The molecule has 0 aliphatic rings. The molecule has 144 valence electrons. The van der Waals surface area contributed by atoms with Crippen LogP contribution in [0.5, 0.6) is 0 Å². The van der Waals surface area contributed by atoms with Crippen molar-refractivity contribution >= 4 is 45.5 Å². The average Bonchev–Trinajstić information content (AvgIpc) is 2.87. The molecule has 2 rings (SSSR count). The van der Waals surface area contributed by atoms with E-state index in [1.807, 2.05) is 0 Å². The van der Waals surface area contributed by atoms with Gasteiger partial charge in [0, 0.05) is 21.7 Å². The second-order valence-corrected chi connectivity index (χ2v) is 8.48. The lowest BCUT2D eigenvalue weighted by Gasteiger charge is -2.17. The summed E-state index contributed by atoms with van der Waals surface area (Å²) in [5, 5.41) is 22.7. The Hall–Kier alpha value is -1.46. The lowest BCUT2D eigenvalue weighted by atomic mass is 9.96. The van der Waals surface area contributed by atoms with Crippen LogP contribution in [0.15, 0.2) is 11.0 Å². The molecule has 0 saturated carbocycles. The van der Waals surface area contributed by atoms with Crippen LogP contribution in [0.1, 0.15) is 40.5 Å². The Kier molecular flexibility index (Phi) is 6.46.